The third-order valence-electron chi connectivity index (χ3n) is 2.60. The predicted octanol–water partition coefficient (Wildman–Crippen LogP) is 3.77. The molecule has 1 aromatic carbocycles. The summed E-state index contributed by atoms with van der Waals surface area (Å²) in [5.41, 5.74) is 0.555. The highest BCUT2D eigenvalue weighted by molar-refractivity contribution is 6.31. The molecule has 0 spiro atoms. The van der Waals surface area contributed by atoms with E-state index in [-0.39, 0.29) is 17.4 Å². The van der Waals surface area contributed by atoms with Gasteiger partial charge in [-0.1, -0.05) is 37.6 Å². The topological polar surface area (TPSA) is 37.3 Å². The standard InChI is InChI=1S/C13H16ClFO2/c1-8(2)6-10(13(16)17)7-9-4-3-5-11(15)12(9)14/h3-5,8,10H,6-7H2,1-2H3,(H,16,17). The van der Waals surface area contributed by atoms with Gasteiger partial charge in [0.05, 0.1) is 10.9 Å². The van der Waals surface area contributed by atoms with Gasteiger partial charge in [0.1, 0.15) is 5.82 Å². The molecular formula is C13H16ClFO2. The molecule has 0 radical (unpaired) electrons. The highest BCUT2D eigenvalue weighted by Crippen LogP contribution is 2.25. The van der Waals surface area contributed by atoms with E-state index in [0.29, 0.717) is 12.0 Å². The van der Waals surface area contributed by atoms with Crippen LogP contribution in [0.15, 0.2) is 18.2 Å². The maximum absolute atomic E-state index is 13.2. The summed E-state index contributed by atoms with van der Waals surface area (Å²) in [7, 11) is 0. The molecule has 0 bridgehead atoms. The lowest BCUT2D eigenvalue weighted by Crippen LogP contribution is -2.18. The Hall–Kier alpha value is -1.09. The van der Waals surface area contributed by atoms with Crippen LogP contribution in [-0.4, -0.2) is 11.1 Å². The summed E-state index contributed by atoms with van der Waals surface area (Å²) in [5, 5.41) is 9.14. The number of carbonyl (C=O) groups is 1. The van der Waals surface area contributed by atoms with Crippen molar-refractivity contribution in [1.29, 1.82) is 0 Å². The Balaban J connectivity index is 2.86. The minimum Gasteiger partial charge on any atom is -0.481 e. The molecule has 0 aliphatic carbocycles. The molecule has 0 aliphatic heterocycles. The second kappa shape index (κ2) is 6.01. The van der Waals surface area contributed by atoms with Crippen molar-refractivity contribution in [2.45, 2.75) is 26.7 Å². The fraction of sp³-hybridized carbons (Fsp3) is 0.462. The van der Waals surface area contributed by atoms with Crippen LogP contribution in [0.2, 0.25) is 5.02 Å². The van der Waals surface area contributed by atoms with Gasteiger partial charge >= 0.3 is 5.97 Å². The Bertz CT molecular complexity index is 404. The smallest absolute Gasteiger partial charge is 0.306 e. The summed E-state index contributed by atoms with van der Waals surface area (Å²) in [6, 6.07) is 4.48. The SMILES string of the molecule is CC(C)CC(Cc1cccc(F)c1Cl)C(=O)O. The molecule has 2 nitrogen and oxygen atoms in total. The molecule has 0 saturated carbocycles. The van der Waals surface area contributed by atoms with Crippen LogP contribution in [-0.2, 0) is 11.2 Å². The molecule has 0 aliphatic rings. The first-order valence-corrected chi connectivity index (χ1v) is 5.95. The summed E-state index contributed by atoms with van der Waals surface area (Å²) >= 11 is 5.81. The van der Waals surface area contributed by atoms with Gasteiger partial charge in [-0.25, -0.2) is 4.39 Å². The van der Waals surface area contributed by atoms with Crippen LogP contribution in [0.4, 0.5) is 4.39 Å². The molecule has 0 heterocycles. The second-order valence-corrected chi connectivity index (χ2v) is 4.96. The molecule has 0 amide bonds. The van der Waals surface area contributed by atoms with Crippen molar-refractivity contribution in [1.82, 2.24) is 0 Å². The number of aliphatic carboxylic acids is 1. The number of rotatable bonds is 5. The van der Waals surface area contributed by atoms with Gasteiger partial charge in [0.25, 0.3) is 0 Å². The summed E-state index contributed by atoms with van der Waals surface area (Å²) in [5.74, 6) is -1.60. The molecule has 1 aromatic rings. The third kappa shape index (κ3) is 4.00. The average molecular weight is 259 g/mol. The zero-order valence-corrected chi connectivity index (χ0v) is 10.7. The van der Waals surface area contributed by atoms with E-state index in [9.17, 15) is 9.18 Å². The van der Waals surface area contributed by atoms with Gasteiger partial charge in [-0.15, -0.1) is 0 Å². The highest BCUT2D eigenvalue weighted by Gasteiger charge is 2.21. The molecule has 1 atom stereocenters. The maximum Gasteiger partial charge on any atom is 0.306 e. The Morgan fingerprint density at radius 3 is 2.65 bits per heavy atom. The van der Waals surface area contributed by atoms with Crippen LogP contribution in [0.3, 0.4) is 0 Å². The van der Waals surface area contributed by atoms with Crippen molar-refractivity contribution >= 4 is 17.6 Å². The van der Waals surface area contributed by atoms with Crippen molar-refractivity contribution in [2.75, 3.05) is 0 Å². The number of benzene rings is 1. The summed E-state index contributed by atoms with van der Waals surface area (Å²) in [4.78, 5) is 11.1. The van der Waals surface area contributed by atoms with Gasteiger partial charge in [-0.2, -0.15) is 0 Å². The molecule has 17 heavy (non-hydrogen) atoms. The first-order valence-electron chi connectivity index (χ1n) is 5.57. The molecule has 94 valence electrons. The second-order valence-electron chi connectivity index (χ2n) is 4.58. The minimum atomic E-state index is -0.862. The first kappa shape index (κ1) is 14.0. The number of hydrogen-bond donors (Lipinski definition) is 1. The van der Waals surface area contributed by atoms with Crippen molar-refractivity contribution in [3.8, 4) is 0 Å². The Labute approximate surface area is 105 Å². The van der Waals surface area contributed by atoms with Crippen LogP contribution >= 0.6 is 11.6 Å². The molecule has 0 fully saturated rings. The van der Waals surface area contributed by atoms with E-state index in [1.165, 1.54) is 6.07 Å². The van der Waals surface area contributed by atoms with Gasteiger partial charge in [-0.05, 0) is 30.4 Å². The first-order chi connectivity index (χ1) is 7.91. The van der Waals surface area contributed by atoms with Crippen molar-refractivity contribution < 1.29 is 14.3 Å². The van der Waals surface area contributed by atoms with Crippen LogP contribution in [0.25, 0.3) is 0 Å². The van der Waals surface area contributed by atoms with Gasteiger partial charge in [0, 0.05) is 0 Å². The number of hydrogen-bond acceptors (Lipinski definition) is 1. The Morgan fingerprint density at radius 1 is 1.47 bits per heavy atom. The predicted molar refractivity (Wildman–Crippen MR) is 65.7 cm³/mol. The van der Waals surface area contributed by atoms with Crippen LogP contribution in [0, 0.1) is 17.7 Å². The average Bonchev–Trinajstić information content (AvgIpc) is 2.22. The van der Waals surface area contributed by atoms with Crippen LogP contribution in [0.5, 0.6) is 0 Å². The van der Waals surface area contributed by atoms with E-state index >= 15 is 0 Å². The molecule has 1 rings (SSSR count). The zero-order valence-electron chi connectivity index (χ0n) is 9.91. The van der Waals surface area contributed by atoms with E-state index in [4.69, 9.17) is 16.7 Å². The van der Waals surface area contributed by atoms with Gasteiger partial charge in [0.15, 0.2) is 0 Å². The maximum atomic E-state index is 13.2. The van der Waals surface area contributed by atoms with Gasteiger partial charge in [0.2, 0.25) is 0 Å². The zero-order chi connectivity index (χ0) is 13.0. The number of halogens is 2. The van der Waals surface area contributed by atoms with Gasteiger partial charge < -0.3 is 5.11 Å². The Kier molecular flexibility index (Phi) is 4.94. The molecule has 0 saturated heterocycles. The third-order valence-corrected chi connectivity index (χ3v) is 3.03. The monoisotopic (exact) mass is 258 g/mol. The highest BCUT2D eigenvalue weighted by atomic mass is 35.5. The normalized spacial score (nSPS) is 12.8. The van der Waals surface area contributed by atoms with Crippen LogP contribution < -0.4 is 0 Å². The minimum absolute atomic E-state index is 0.0301. The lowest BCUT2D eigenvalue weighted by atomic mass is 9.91. The van der Waals surface area contributed by atoms with E-state index in [2.05, 4.69) is 0 Å². The fourth-order valence-corrected chi connectivity index (χ4v) is 2.02. The Morgan fingerprint density at radius 2 is 2.12 bits per heavy atom. The summed E-state index contributed by atoms with van der Waals surface area (Å²) in [6.45, 7) is 3.92. The number of carboxylic acid groups (broad SMARTS) is 1. The van der Waals surface area contributed by atoms with Crippen molar-refractivity contribution in [2.24, 2.45) is 11.8 Å². The van der Waals surface area contributed by atoms with Crippen molar-refractivity contribution in [3.05, 3.63) is 34.6 Å². The van der Waals surface area contributed by atoms with E-state index in [0.717, 1.165) is 0 Å². The largest absolute Gasteiger partial charge is 0.481 e. The molecule has 0 aromatic heterocycles. The quantitative estimate of drug-likeness (QED) is 0.873. The van der Waals surface area contributed by atoms with Crippen LogP contribution in [0.1, 0.15) is 25.8 Å². The molecule has 4 heteroatoms. The van der Waals surface area contributed by atoms with E-state index in [1.54, 1.807) is 12.1 Å². The lowest BCUT2D eigenvalue weighted by molar-refractivity contribution is -0.142. The lowest BCUT2D eigenvalue weighted by Gasteiger charge is -2.15. The molecular weight excluding hydrogens is 243 g/mol. The van der Waals surface area contributed by atoms with E-state index < -0.39 is 17.7 Å². The molecule has 1 unspecified atom stereocenters. The fourth-order valence-electron chi connectivity index (χ4n) is 1.81. The van der Waals surface area contributed by atoms with Gasteiger partial charge in [-0.3, -0.25) is 4.79 Å². The van der Waals surface area contributed by atoms with Crippen molar-refractivity contribution in [3.63, 3.8) is 0 Å². The van der Waals surface area contributed by atoms with E-state index in [1.807, 2.05) is 13.8 Å². The molecule has 1 N–H and O–H groups in total. The summed E-state index contributed by atoms with van der Waals surface area (Å²) < 4.78 is 13.2. The number of carboxylic acids is 1. The summed E-state index contributed by atoms with van der Waals surface area (Å²) in [6.07, 6.45) is 0.826.